The third kappa shape index (κ3) is 5.75. The van der Waals surface area contributed by atoms with Crippen molar-refractivity contribution >= 4 is 27.5 Å². The molecular weight excluding hydrogens is 472 g/mol. The minimum Gasteiger partial charge on any atom is -0.489 e. The van der Waals surface area contributed by atoms with E-state index in [0.717, 1.165) is 29.4 Å². The van der Waals surface area contributed by atoms with Gasteiger partial charge in [0.05, 0.1) is 24.3 Å². The van der Waals surface area contributed by atoms with Crippen LogP contribution < -0.4 is 10.1 Å². The van der Waals surface area contributed by atoms with E-state index >= 15 is 0 Å². The number of nitrogens with zero attached hydrogens (tertiary/aromatic N) is 3. The summed E-state index contributed by atoms with van der Waals surface area (Å²) in [6.45, 7) is 6.01. The highest BCUT2D eigenvalue weighted by atomic mass is 79.9. The molecule has 3 aromatic rings. The quantitative estimate of drug-likeness (QED) is 0.485. The van der Waals surface area contributed by atoms with Gasteiger partial charge >= 0.3 is 0 Å². The number of nitrogens with one attached hydrogen (secondary N) is 1. The number of halogens is 1. The van der Waals surface area contributed by atoms with Crippen LogP contribution in [0.3, 0.4) is 0 Å². The normalized spacial score (nSPS) is 16.8. The smallest absolute Gasteiger partial charge is 0.241 e. The van der Waals surface area contributed by atoms with Crippen LogP contribution in [0.4, 0.5) is 5.69 Å². The number of hydrogen-bond acceptors (Lipinski definition) is 6. The SMILES string of the molecule is CC(C)Oc1ccccc1NC(=O)C1CCCN(Cc2nc(-c3ccc(Br)cc3)no2)C1. The first kappa shape index (κ1) is 22.5. The molecule has 1 amide bonds. The van der Waals surface area contributed by atoms with E-state index in [1.54, 1.807) is 0 Å². The standard InChI is InChI=1S/C24H27BrN4O3/c1-16(2)31-21-8-4-3-7-20(21)26-24(30)18-6-5-13-29(14-18)15-22-27-23(28-32-22)17-9-11-19(25)12-10-17/h3-4,7-12,16,18H,5-6,13-15H2,1-2H3,(H,26,30). The Hall–Kier alpha value is -2.71. The highest BCUT2D eigenvalue weighted by Crippen LogP contribution is 2.27. The molecule has 0 aliphatic carbocycles. The monoisotopic (exact) mass is 498 g/mol. The second-order valence-corrected chi connectivity index (χ2v) is 9.16. The highest BCUT2D eigenvalue weighted by Gasteiger charge is 2.27. The zero-order chi connectivity index (χ0) is 22.5. The maximum absolute atomic E-state index is 13.0. The van der Waals surface area contributed by atoms with Gasteiger partial charge in [-0.2, -0.15) is 4.98 Å². The lowest BCUT2D eigenvalue weighted by Crippen LogP contribution is -2.40. The Bertz CT molecular complexity index is 1050. The predicted octanol–water partition coefficient (Wildman–Crippen LogP) is 5.14. The van der Waals surface area contributed by atoms with E-state index in [4.69, 9.17) is 9.26 Å². The van der Waals surface area contributed by atoms with E-state index in [1.165, 1.54) is 0 Å². The molecule has 0 saturated carbocycles. The third-order valence-electron chi connectivity index (χ3n) is 5.31. The Balaban J connectivity index is 1.37. The highest BCUT2D eigenvalue weighted by molar-refractivity contribution is 9.10. The Kier molecular flexibility index (Phi) is 7.22. The first-order valence-corrected chi connectivity index (χ1v) is 11.6. The molecule has 168 valence electrons. The zero-order valence-electron chi connectivity index (χ0n) is 18.3. The van der Waals surface area contributed by atoms with Crippen molar-refractivity contribution in [2.24, 2.45) is 5.92 Å². The van der Waals surface area contributed by atoms with E-state index < -0.39 is 0 Å². The Labute approximate surface area is 196 Å². The summed E-state index contributed by atoms with van der Waals surface area (Å²) in [6.07, 6.45) is 1.83. The molecule has 1 saturated heterocycles. The van der Waals surface area contributed by atoms with Gasteiger partial charge in [-0.1, -0.05) is 33.2 Å². The average Bonchev–Trinajstić information content (AvgIpc) is 3.24. The lowest BCUT2D eigenvalue weighted by Gasteiger charge is -2.31. The van der Waals surface area contributed by atoms with Crippen molar-refractivity contribution in [3.05, 3.63) is 58.9 Å². The minimum absolute atomic E-state index is 0.00980. The van der Waals surface area contributed by atoms with Crippen molar-refractivity contribution < 1.29 is 14.1 Å². The van der Waals surface area contributed by atoms with Crippen LogP contribution >= 0.6 is 15.9 Å². The number of carbonyl (C=O) groups is 1. The average molecular weight is 499 g/mol. The van der Waals surface area contributed by atoms with E-state index in [1.807, 2.05) is 62.4 Å². The number of amides is 1. The molecule has 2 heterocycles. The van der Waals surface area contributed by atoms with Crippen LogP contribution in [0.25, 0.3) is 11.4 Å². The summed E-state index contributed by atoms with van der Waals surface area (Å²) in [5, 5.41) is 7.16. The predicted molar refractivity (Wildman–Crippen MR) is 126 cm³/mol. The second kappa shape index (κ2) is 10.3. The molecule has 0 bridgehead atoms. The molecule has 1 aromatic heterocycles. The van der Waals surface area contributed by atoms with E-state index in [9.17, 15) is 4.79 Å². The van der Waals surface area contributed by atoms with Crippen molar-refractivity contribution in [2.75, 3.05) is 18.4 Å². The first-order valence-electron chi connectivity index (χ1n) is 10.9. The molecule has 1 aliphatic heterocycles. The Morgan fingerprint density at radius 2 is 2.03 bits per heavy atom. The number of piperidine rings is 1. The van der Waals surface area contributed by atoms with Gasteiger partial charge in [-0.25, -0.2) is 0 Å². The molecule has 4 rings (SSSR count). The van der Waals surface area contributed by atoms with Gasteiger partial charge in [0, 0.05) is 16.6 Å². The van der Waals surface area contributed by atoms with Crippen molar-refractivity contribution in [2.45, 2.75) is 39.3 Å². The van der Waals surface area contributed by atoms with Crippen LogP contribution in [0.15, 0.2) is 57.5 Å². The van der Waals surface area contributed by atoms with Gasteiger partial charge < -0.3 is 14.6 Å². The lowest BCUT2D eigenvalue weighted by molar-refractivity contribution is -0.121. The number of rotatable bonds is 7. The molecule has 7 nitrogen and oxygen atoms in total. The molecule has 1 atom stereocenters. The first-order chi connectivity index (χ1) is 15.5. The summed E-state index contributed by atoms with van der Waals surface area (Å²) in [4.78, 5) is 19.7. The molecular formula is C24H27BrN4O3. The Morgan fingerprint density at radius 1 is 1.25 bits per heavy atom. The maximum Gasteiger partial charge on any atom is 0.241 e. The molecule has 0 spiro atoms. The number of ether oxygens (including phenoxy) is 1. The van der Waals surface area contributed by atoms with Gasteiger partial charge in [0.2, 0.25) is 17.6 Å². The van der Waals surface area contributed by atoms with Crippen LogP contribution in [0, 0.1) is 5.92 Å². The van der Waals surface area contributed by atoms with Crippen LogP contribution in [-0.2, 0) is 11.3 Å². The molecule has 0 radical (unpaired) electrons. The van der Waals surface area contributed by atoms with Crippen LogP contribution in [0.2, 0.25) is 0 Å². The maximum atomic E-state index is 13.0. The fourth-order valence-corrected chi connectivity index (χ4v) is 4.07. The molecule has 1 fully saturated rings. The van der Waals surface area contributed by atoms with Crippen molar-refractivity contribution in [1.82, 2.24) is 15.0 Å². The third-order valence-corrected chi connectivity index (χ3v) is 5.84. The minimum atomic E-state index is -0.107. The fraction of sp³-hybridized carbons (Fsp3) is 0.375. The van der Waals surface area contributed by atoms with E-state index in [2.05, 4.69) is 36.3 Å². The van der Waals surface area contributed by atoms with Crippen molar-refractivity contribution in [3.63, 3.8) is 0 Å². The van der Waals surface area contributed by atoms with E-state index in [-0.39, 0.29) is 17.9 Å². The van der Waals surface area contributed by atoms with Gasteiger partial charge in [0.25, 0.3) is 0 Å². The largest absolute Gasteiger partial charge is 0.489 e. The number of likely N-dealkylation sites (tertiary alicyclic amines) is 1. The summed E-state index contributed by atoms with van der Waals surface area (Å²) >= 11 is 3.43. The fourth-order valence-electron chi connectivity index (χ4n) is 3.80. The number of benzene rings is 2. The van der Waals surface area contributed by atoms with Gasteiger partial charge in [-0.15, -0.1) is 0 Å². The van der Waals surface area contributed by atoms with Crippen LogP contribution in [-0.4, -0.2) is 40.1 Å². The molecule has 1 aliphatic rings. The number of anilines is 1. The second-order valence-electron chi connectivity index (χ2n) is 8.24. The van der Waals surface area contributed by atoms with Gasteiger partial charge in [0.15, 0.2) is 0 Å². The lowest BCUT2D eigenvalue weighted by atomic mass is 9.97. The van der Waals surface area contributed by atoms with Crippen molar-refractivity contribution in [1.29, 1.82) is 0 Å². The number of aromatic nitrogens is 2. The van der Waals surface area contributed by atoms with Gasteiger partial charge in [-0.05, 0) is 69.6 Å². The van der Waals surface area contributed by atoms with Gasteiger partial charge in [0.1, 0.15) is 5.75 Å². The Morgan fingerprint density at radius 3 is 2.81 bits per heavy atom. The topological polar surface area (TPSA) is 80.5 Å². The summed E-state index contributed by atoms with van der Waals surface area (Å²) in [7, 11) is 0. The molecule has 1 N–H and O–H groups in total. The summed E-state index contributed by atoms with van der Waals surface area (Å²) in [6, 6.07) is 15.3. The zero-order valence-corrected chi connectivity index (χ0v) is 19.8. The van der Waals surface area contributed by atoms with E-state index in [0.29, 0.717) is 36.2 Å². The summed E-state index contributed by atoms with van der Waals surface area (Å²) in [5.74, 6) is 1.72. The molecule has 2 aromatic carbocycles. The van der Waals surface area contributed by atoms with Crippen LogP contribution in [0.1, 0.15) is 32.6 Å². The van der Waals surface area contributed by atoms with Crippen molar-refractivity contribution in [3.8, 4) is 17.1 Å². The number of carbonyl (C=O) groups excluding carboxylic acids is 1. The van der Waals surface area contributed by atoms with Crippen LogP contribution in [0.5, 0.6) is 5.75 Å². The number of hydrogen-bond donors (Lipinski definition) is 1. The number of para-hydroxylation sites is 2. The van der Waals surface area contributed by atoms with Gasteiger partial charge in [-0.3, -0.25) is 9.69 Å². The molecule has 32 heavy (non-hydrogen) atoms. The molecule has 8 heteroatoms. The summed E-state index contributed by atoms with van der Waals surface area (Å²) < 4.78 is 12.3. The summed E-state index contributed by atoms with van der Waals surface area (Å²) in [5.41, 5.74) is 1.61. The molecule has 1 unspecified atom stereocenters.